The molecule has 2 aliphatic rings. The Labute approximate surface area is 162 Å². The molecule has 3 heterocycles. The molecular formula is C22H22N4O2. The Balaban J connectivity index is 1.55. The lowest BCUT2D eigenvalue weighted by atomic mass is 10.1. The fourth-order valence-electron chi connectivity index (χ4n) is 4.53. The largest absolute Gasteiger partial charge is 0.336 e. The molecule has 2 fully saturated rings. The highest BCUT2D eigenvalue weighted by atomic mass is 16.2. The maximum atomic E-state index is 13.0. The molecule has 1 amide bonds. The van der Waals surface area contributed by atoms with E-state index in [0.29, 0.717) is 11.3 Å². The number of hydrogen-bond acceptors (Lipinski definition) is 4. The molecule has 2 saturated heterocycles. The number of rotatable bonds is 3. The van der Waals surface area contributed by atoms with Gasteiger partial charge in [-0.1, -0.05) is 48.5 Å². The normalized spacial score (nSPS) is 21.2. The van der Waals surface area contributed by atoms with Crippen molar-refractivity contribution in [3.05, 3.63) is 65.0 Å². The number of nitrogens with zero attached hydrogens (tertiary/aromatic N) is 3. The van der Waals surface area contributed by atoms with E-state index >= 15 is 0 Å². The first-order valence-corrected chi connectivity index (χ1v) is 9.78. The summed E-state index contributed by atoms with van der Waals surface area (Å²) in [6.07, 6.45) is 1.03. The lowest BCUT2D eigenvalue weighted by Gasteiger charge is -2.23. The van der Waals surface area contributed by atoms with Crippen LogP contribution < -0.4 is 10.9 Å². The predicted molar refractivity (Wildman–Crippen MR) is 108 cm³/mol. The summed E-state index contributed by atoms with van der Waals surface area (Å²) in [6.45, 7) is 2.56. The highest BCUT2D eigenvalue weighted by molar-refractivity contribution is 5.93. The minimum Gasteiger partial charge on any atom is -0.336 e. The van der Waals surface area contributed by atoms with Gasteiger partial charge in [0.05, 0.1) is 11.1 Å². The van der Waals surface area contributed by atoms with E-state index in [9.17, 15) is 9.59 Å². The minimum absolute atomic E-state index is 0.0211. The molecule has 6 nitrogen and oxygen atoms in total. The van der Waals surface area contributed by atoms with Crippen molar-refractivity contribution in [3.63, 3.8) is 0 Å². The standard InChI is InChI=1S/C22H22N4O2/c27-20(25-11-10-16-12-23-13-19(16)25)14-26-22(28)18-9-5-4-8-17(18)21(24-26)15-6-2-1-3-7-15/h1-9,16,19,23H,10-14H2/t16-,19+/m0/s1. The fraction of sp³-hybridized carbons (Fsp3) is 0.318. The maximum Gasteiger partial charge on any atom is 0.275 e. The molecule has 2 aliphatic heterocycles. The molecular weight excluding hydrogens is 352 g/mol. The second-order valence-electron chi connectivity index (χ2n) is 7.58. The molecule has 0 unspecified atom stereocenters. The summed E-state index contributed by atoms with van der Waals surface area (Å²) in [4.78, 5) is 27.9. The van der Waals surface area contributed by atoms with Crippen molar-refractivity contribution in [1.29, 1.82) is 0 Å². The van der Waals surface area contributed by atoms with Gasteiger partial charge in [0.15, 0.2) is 0 Å². The fourth-order valence-corrected chi connectivity index (χ4v) is 4.53. The number of amides is 1. The number of fused-ring (bicyclic) bond motifs is 2. The summed E-state index contributed by atoms with van der Waals surface area (Å²) in [5.41, 5.74) is 1.44. The third-order valence-electron chi connectivity index (χ3n) is 5.97. The lowest BCUT2D eigenvalue weighted by molar-refractivity contribution is -0.132. The van der Waals surface area contributed by atoms with Crippen LogP contribution in [0.4, 0.5) is 0 Å². The van der Waals surface area contributed by atoms with E-state index in [-0.39, 0.29) is 24.1 Å². The van der Waals surface area contributed by atoms with Crippen molar-refractivity contribution >= 4 is 16.7 Å². The summed E-state index contributed by atoms with van der Waals surface area (Å²) in [5, 5.41) is 9.37. The van der Waals surface area contributed by atoms with E-state index < -0.39 is 0 Å². The molecule has 3 aromatic rings. The highest BCUT2D eigenvalue weighted by Crippen LogP contribution is 2.28. The second-order valence-corrected chi connectivity index (χ2v) is 7.58. The van der Waals surface area contributed by atoms with Crippen LogP contribution in [0.2, 0.25) is 0 Å². The van der Waals surface area contributed by atoms with Crippen LogP contribution in [0.1, 0.15) is 6.42 Å². The van der Waals surface area contributed by atoms with Gasteiger partial charge in [0.2, 0.25) is 5.91 Å². The summed E-state index contributed by atoms with van der Waals surface area (Å²) >= 11 is 0. The number of carbonyl (C=O) groups is 1. The van der Waals surface area contributed by atoms with Gasteiger partial charge in [-0.3, -0.25) is 9.59 Å². The first-order chi connectivity index (χ1) is 13.7. The van der Waals surface area contributed by atoms with Gasteiger partial charge >= 0.3 is 0 Å². The lowest BCUT2D eigenvalue weighted by Crippen LogP contribution is -2.42. The molecule has 142 valence electrons. The van der Waals surface area contributed by atoms with Gasteiger partial charge in [0, 0.05) is 36.6 Å². The van der Waals surface area contributed by atoms with E-state index in [1.54, 1.807) is 6.07 Å². The van der Waals surface area contributed by atoms with Crippen molar-refractivity contribution in [1.82, 2.24) is 20.0 Å². The van der Waals surface area contributed by atoms with Crippen molar-refractivity contribution in [2.75, 3.05) is 19.6 Å². The average molecular weight is 374 g/mol. The molecule has 2 aromatic carbocycles. The molecule has 28 heavy (non-hydrogen) atoms. The van der Waals surface area contributed by atoms with Crippen LogP contribution in [0, 0.1) is 5.92 Å². The Morgan fingerprint density at radius 2 is 1.79 bits per heavy atom. The van der Waals surface area contributed by atoms with Gasteiger partial charge in [-0.25, -0.2) is 4.68 Å². The minimum atomic E-state index is -0.219. The SMILES string of the molecule is O=C(Cn1nc(-c2ccccc2)c2ccccc2c1=O)N1CC[C@H]2CNC[C@H]21. The van der Waals surface area contributed by atoms with Gasteiger partial charge in [-0.05, 0) is 18.4 Å². The number of benzene rings is 2. The van der Waals surface area contributed by atoms with Crippen LogP contribution >= 0.6 is 0 Å². The first-order valence-electron chi connectivity index (χ1n) is 9.78. The van der Waals surface area contributed by atoms with Gasteiger partial charge in [0.1, 0.15) is 6.54 Å². The third kappa shape index (κ3) is 2.81. The van der Waals surface area contributed by atoms with E-state index in [2.05, 4.69) is 10.4 Å². The van der Waals surface area contributed by atoms with E-state index in [4.69, 9.17) is 0 Å². The zero-order valence-electron chi connectivity index (χ0n) is 15.5. The predicted octanol–water partition coefficient (Wildman–Crippen LogP) is 1.88. The van der Waals surface area contributed by atoms with E-state index in [1.807, 2.05) is 53.4 Å². The molecule has 5 rings (SSSR count). The van der Waals surface area contributed by atoms with Crippen LogP contribution in [-0.4, -0.2) is 46.3 Å². The van der Waals surface area contributed by atoms with Gasteiger partial charge < -0.3 is 10.2 Å². The molecule has 6 heteroatoms. The zero-order valence-corrected chi connectivity index (χ0v) is 15.5. The van der Waals surface area contributed by atoms with Crippen molar-refractivity contribution in [2.24, 2.45) is 5.92 Å². The van der Waals surface area contributed by atoms with Gasteiger partial charge in [-0.2, -0.15) is 5.10 Å². The molecule has 0 bridgehead atoms. The highest BCUT2D eigenvalue weighted by Gasteiger charge is 2.39. The molecule has 2 atom stereocenters. The summed E-state index contributed by atoms with van der Waals surface area (Å²) in [7, 11) is 0. The van der Waals surface area contributed by atoms with Crippen LogP contribution in [0.3, 0.4) is 0 Å². The van der Waals surface area contributed by atoms with Crippen LogP contribution in [0.15, 0.2) is 59.4 Å². The monoisotopic (exact) mass is 374 g/mol. The van der Waals surface area contributed by atoms with Crippen molar-refractivity contribution in [3.8, 4) is 11.3 Å². The molecule has 0 spiro atoms. The first kappa shape index (κ1) is 17.1. The number of carbonyl (C=O) groups excluding carboxylic acids is 1. The van der Waals surface area contributed by atoms with Crippen molar-refractivity contribution in [2.45, 2.75) is 19.0 Å². The molecule has 1 N–H and O–H groups in total. The van der Waals surface area contributed by atoms with Gasteiger partial charge in [0.25, 0.3) is 5.56 Å². The number of aromatic nitrogens is 2. The Hall–Kier alpha value is -2.99. The quantitative estimate of drug-likeness (QED) is 0.760. The molecule has 0 radical (unpaired) electrons. The number of likely N-dealkylation sites (tertiary alicyclic amines) is 1. The van der Waals surface area contributed by atoms with Crippen LogP contribution in [-0.2, 0) is 11.3 Å². The number of hydrogen-bond donors (Lipinski definition) is 1. The van der Waals surface area contributed by atoms with Crippen LogP contribution in [0.25, 0.3) is 22.0 Å². The van der Waals surface area contributed by atoms with E-state index in [0.717, 1.165) is 42.7 Å². The molecule has 1 aromatic heterocycles. The average Bonchev–Trinajstić information content (AvgIpc) is 3.34. The Morgan fingerprint density at radius 1 is 1.04 bits per heavy atom. The smallest absolute Gasteiger partial charge is 0.275 e. The molecule has 0 saturated carbocycles. The number of nitrogens with one attached hydrogen (secondary N) is 1. The van der Waals surface area contributed by atoms with Crippen LogP contribution in [0.5, 0.6) is 0 Å². The Kier molecular flexibility index (Phi) is 4.20. The third-order valence-corrected chi connectivity index (χ3v) is 5.97. The van der Waals surface area contributed by atoms with E-state index in [1.165, 1.54) is 4.68 Å². The van der Waals surface area contributed by atoms with Gasteiger partial charge in [-0.15, -0.1) is 0 Å². The summed E-state index contributed by atoms with van der Waals surface area (Å²) in [5.74, 6) is 0.505. The summed E-state index contributed by atoms with van der Waals surface area (Å²) in [6, 6.07) is 17.5. The second kappa shape index (κ2) is 6.87. The van der Waals surface area contributed by atoms with Crippen molar-refractivity contribution < 1.29 is 4.79 Å². The Bertz CT molecular complexity index is 1090. The maximum absolute atomic E-state index is 13.0. The Morgan fingerprint density at radius 3 is 2.61 bits per heavy atom. The molecule has 0 aliphatic carbocycles. The topological polar surface area (TPSA) is 67.2 Å². The zero-order chi connectivity index (χ0) is 19.1. The summed E-state index contributed by atoms with van der Waals surface area (Å²) < 4.78 is 1.34.